The lowest BCUT2D eigenvalue weighted by Gasteiger charge is -2.02. The predicted octanol–water partition coefficient (Wildman–Crippen LogP) is 3.09. The van der Waals surface area contributed by atoms with E-state index in [4.69, 9.17) is 5.73 Å². The smallest absolute Gasteiger partial charge is 0.151 e. The second-order valence-electron chi connectivity index (χ2n) is 3.93. The minimum Gasteiger partial charge on any atom is -0.398 e. The maximum absolute atomic E-state index is 13.7. The molecule has 0 fully saturated rings. The molecular formula is C13H9F2N3. The van der Waals surface area contributed by atoms with Crippen LogP contribution in [-0.2, 0) is 0 Å². The van der Waals surface area contributed by atoms with E-state index in [9.17, 15) is 8.78 Å². The van der Waals surface area contributed by atoms with Crippen molar-refractivity contribution in [3.05, 3.63) is 48.0 Å². The Hall–Kier alpha value is -2.43. The number of halogens is 2. The number of nitrogens with zero attached hydrogens (tertiary/aromatic N) is 1. The molecule has 0 bridgehead atoms. The molecule has 18 heavy (non-hydrogen) atoms. The molecule has 0 amide bonds. The Morgan fingerprint density at radius 2 is 1.72 bits per heavy atom. The Kier molecular flexibility index (Phi) is 2.26. The molecular weight excluding hydrogens is 236 g/mol. The molecule has 0 aliphatic rings. The number of nitrogens with two attached hydrogens (primary N) is 1. The van der Waals surface area contributed by atoms with E-state index < -0.39 is 11.6 Å². The summed E-state index contributed by atoms with van der Waals surface area (Å²) in [4.78, 5) is 6.92. The number of imidazole rings is 1. The van der Waals surface area contributed by atoms with Crippen molar-refractivity contribution >= 4 is 16.7 Å². The van der Waals surface area contributed by atoms with Gasteiger partial charge in [-0.3, -0.25) is 0 Å². The average molecular weight is 245 g/mol. The zero-order valence-electron chi connectivity index (χ0n) is 9.24. The van der Waals surface area contributed by atoms with Crippen LogP contribution in [0.1, 0.15) is 0 Å². The van der Waals surface area contributed by atoms with Crippen molar-refractivity contribution < 1.29 is 8.78 Å². The first-order chi connectivity index (χ1) is 8.66. The van der Waals surface area contributed by atoms with Crippen LogP contribution in [0.25, 0.3) is 22.4 Å². The minimum atomic E-state index is -0.491. The lowest BCUT2D eigenvalue weighted by atomic mass is 10.1. The number of benzene rings is 2. The number of nitrogens with one attached hydrogen (secondary N) is 1. The van der Waals surface area contributed by atoms with Crippen LogP contribution in [0.3, 0.4) is 0 Å². The first kappa shape index (κ1) is 10.7. The molecule has 2 aromatic carbocycles. The Morgan fingerprint density at radius 3 is 2.44 bits per heavy atom. The predicted molar refractivity (Wildman–Crippen MR) is 65.9 cm³/mol. The van der Waals surface area contributed by atoms with Gasteiger partial charge in [-0.05, 0) is 24.3 Å². The van der Waals surface area contributed by atoms with Crippen LogP contribution >= 0.6 is 0 Å². The highest BCUT2D eigenvalue weighted by atomic mass is 19.1. The molecule has 0 aliphatic carbocycles. The van der Waals surface area contributed by atoms with E-state index in [1.807, 2.05) is 0 Å². The van der Waals surface area contributed by atoms with E-state index in [0.29, 0.717) is 5.52 Å². The quantitative estimate of drug-likeness (QED) is 0.647. The van der Waals surface area contributed by atoms with Crippen LogP contribution in [0.15, 0.2) is 36.4 Å². The molecule has 3 rings (SSSR count). The number of hydrogen-bond donors (Lipinski definition) is 2. The van der Waals surface area contributed by atoms with Gasteiger partial charge in [0.15, 0.2) is 5.82 Å². The second kappa shape index (κ2) is 3.80. The number of rotatable bonds is 1. The van der Waals surface area contributed by atoms with E-state index in [2.05, 4.69) is 9.97 Å². The van der Waals surface area contributed by atoms with E-state index in [0.717, 1.165) is 0 Å². The largest absolute Gasteiger partial charge is 0.398 e. The van der Waals surface area contributed by atoms with Crippen molar-refractivity contribution in [2.45, 2.75) is 0 Å². The number of anilines is 1. The molecule has 90 valence electrons. The SMILES string of the molecule is Nc1cccc(F)c1-c1nc2c(F)cccc2[nH]1. The summed E-state index contributed by atoms with van der Waals surface area (Å²) in [6, 6.07) is 8.91. The van der Waals surface area contributed by atoms with Crippen LogP contribution < -0.4 is 5.73 Å². The molecule has 1 heterocycles. The normalized spacial score (nSPS) is 11.0. The molecule has 0 spiro atoms. The summed E-state index contributed by atoms with van der Waals surface area (Å²) >= 11 is 0. The van der Waals surface area contributed by atoms with Gasteiger partial charge in [0.2, 0.25) is 0 Å². The minimum absolute atomic E-state index is 0.160. The molecule has 3 nitrogen and oxygen atoms in total. The monoisotopic (exact) mass is 245 g/mol. The molecule has 0 radical (unpaired) electrons. The number of para-hydroxylation sites is 1. The van der Waals surface area contributed by atoms with Gasteiger partial charge in [0.1, 0.15) is 17.2 Å². The number of nitrogen functional groups attached to an aromatic ring is 1. The van der Waals surface area contributed by atoms with Gasteiger partial charge in [0.25, 0.3) is 0 Å². The summed E-state index contributed by atoms with van der Waals surface area (Å²) in [5.74, 6) is -0.718. The number of fused-ring (bicyclic) bond motifs is 1. The third kappa shape index (κ3) is 1.52. The summed E-state index contributed by atoms with van der Waals surface area (Å²) in [5, 5.41) is 0. The first-order valence-corrected chi connectivity index (χ1v) is 5.35. The molecule has 0 aliphatic heterocycles. The fraction of sp³-hybridized carbons (Fsp3) is 0. The van der Waals surface area contributed by atoms with Gasteiger partial charge in [-0.25, -0.2) is 13.8 Å². The van der Waals surface area contributed by atoms with E-state index in [1.165, 1.54) is 18.2 Å². The van der Waals surface area contributed by atoms with Crippen molar-refractivity contribution in [2.75, 3.05) is 5.73 Å². The zero-order chi connectivity index (χ0) is 12.7. The van der Waals surface area contributed by atoms with Crippen molar-refractivity contribution in [1.29, 1.82) is 0 Å². The number of hydrogen-bond acceptors (Lipinski definition) is 2. The maximum Gasteiger partial charge on any atom is 0.151 e. The van der Waals surface area contributed by atoms with Crippen molar-refractivity contribution in [3.63, 3.8) is 0 Å². The zero-order valence-corrected chi connectivity index (χ0v) is 9.24. The standard InChI is InChI=1S/C13H9F2N3/c14-7-3-1-5-9(16)11(7)13-17-10-6-2-4-8(15)12(10)18-13/h1-6H,16H2,(H,17,18). The van der Waals surface area contributed by atoms with Crippen molar-refractivity contribution in [2.24, 2.45) is 0 Å². The fourth-order valence-electron chi connectivity index (χ4n) is 1.91. The maximum atomic E-state index is 13.7. The molecule has 5 heteroatoms. The van der Waals surface area contributed by atoms with E-state index in [-0.39, 0.29) is 22.6 Å². The highest BCUT2D eigenvalue weighted by molar-refractivity contribution is 5.82. The van der Waals surface area contributed by atoms with Crippen LogP contribution in [-0.4, -0.2) is 9.97 Å². The van der Waals surface area contributed by atoms with Crippen molar-refractivity contribution in [1.82, 2.24) is 9.97 Å². The third-order valence-electron chi connectivity index (χ3n) is 2.75. The summed E-state index contributed by atoms with van der Waals surface area (Å²) in [6.07, 6.45) is 0. The lowest BCUT2D eigenvalue weighted by molar-refractivity contribution is 0.630. The van der Waals surface area contributed by atoms with Gasteiger partial charge in [-0.15, -0.1) is 0 Å². The van der Waals surface area contributed by atoms with Gasteiger partial charge >= 0.3 is 0 Å². The van der Waals surface area contributed by atoms with Gasteiger partial charge in [0, 0.05) is 5.69 Å². The van der Waals surface area contributed by atoms with Crippen molar-refractivity contribution in [3.8, 4) is 11.4 Å². The van der Waals surface area contributed by atoms with Gasteiger partial charge in [0.05, 0.1) is 11.1 Å². The van der Waals surface area contributed by atoms with Crippen LogP contribution in [0, 0.1) is 11.6 Å². The topological polar surface area (TPSA) is 54.7 Å². The summed E-state index contributed by atoms with van der Waals surface area (Å²) in [5.41, 5.74) is 6.82. The molecule has 0 saturated heterocycles. The van der Waals surface area contributed by atoms with Crippen LogP contribution in [0.5, 0.6) is 0 Å². The Labute approximate surface area is 101 Å². The van der Waals surface area contributed by atoms with Crippen LogP contribution in [0.4, 0.5) is 14.5 Å². The Morgan fingerprint density at radius 1 is 1.00 bits per heavy atom. The van der Waals surface area contributed by atoms with Gasteiger partial charge in [-0.2, -0.15) is 0 Å². The third-order valence-corrected chi connectivity index (χ3v) is 2.75. The van der Waals surface area contributed by atoms with Gasteiger partial charge in [-0.1, -0.05) is 12.1 Å². The second-order valence-corrected chi connectivity index (χ2v) is 3.93. The lowest BCUT2D eigenvalue weighted by Crippen LogP contribution is -1.94. The number of H-pyrrole nitrogens is 1. The van der Waals surface area contributed by atoms with E-state index >= 15 is 0 Å². The Balaban J connectivity index is 2.30. The molecule has 3 N–H and O–H groups in total. The fourth-order valence-corrected chi connectivity index (χ4v) is 1.91. The Bertz CT molecular complexity index is 714. The highest BCUT2D eigenvalue weighted by Gasteiger charge is 2.14. The van der Waals surface area contributed by atoms with Crippen LogP contribution in [0.2, 0.25) is 0 Å². The summed E-state index contributed by atoms with van der Waals surface area (Å²) in [6.45, 7) is 0. The van der Waals surface area contributed by atoms with Gasteiger partial charge < -0.3 is 10.7 Å². The average Bonchev–Trinajstić information content (AvgIpc) is 2.74. The number of aromatic nitrogens is 2. The molecule has 1 aromatic heterocycles. The molecule has 0 saturated carbocycles. The first-order valence-electron chi connectivity index (χ1n) is 5.35. The number of aromatic amines is 1. The van der Waals surface area contributed by atoms with E-state index in [1.54, 1.807) is 18.2 Å². The summed E-state index contributed by atoms with van der Waals surface area (Å²) in [7, 11) is 0. The molecule has 0 unspecified atom stereocenters. The molecule has 0 atom stereocenters. The highest BCUT2D eigenvalue weighted by Crippen LogP contribution is 2.28. The summed E-state index contributed by atoms with van der Waals surface area (Å²) < 4.78 is 27.2. The molecule has 3 aromatic rings.